The van der Waals surface area contributed by atoms with Crippen LogP contribution in [0.4, 0.5) is 15.8 Å². The first kappa shape index (κ1) is 20.4. The number of halogens is 1. The summed E-state index contributed by atoms with van der Waals surface area (Å²) in [6.07, 6.45) is 0. The number of ether oxygens (including phenoxy) is 1. The highest BCUT2D eigenvalue weighted by Crippen LogP contribution is 2.30. The molecule has 4 rings (SSSR count). The summed E-state index contributed by atoms with van der Waals surface area (Å²) < 4.78 is 20.0. The van der Waals surface area contributed by atoms with Gasteiger partial charge in [-0.25, -0.2) is 4.39 Å². The number of carbonyl (C=O) groups is 1. The van der Waals surface area contributed by atoms with Gasteiger partial charge in [-0.15, -0.1) is 0 Å². The molecule has 4 nitrogen and oxygen atoms in total. The van der Waals surface area contributed by atoms with E-state index in [0.29, 0.717) is 17.9 Å². The molecule has 0 saturated heterocycles. The zero-order chi connectivity index (χ0) is 21.6. The van der Waals surface area contributed by atoms with Crippen LogP contribution in [0.3, 0.4) is 0 Å². The highest BCUT2D eigenvalue weighted by molar-refractivity contribution is 5.89. The zero-order valence-corrected chi connectivity index (χ0v) is 17.2. The van der Waals surface area contributed by atoms with Crippen molar-refractivity contribution < 1.29 is 13.9 Å². The highest BCUT2D eigenvalue weighted by Gasteiger charge is 2.11. The molecular weight excluding hydrogens is 391 g/mol. The number of anilines is 2. The third kappa shape index (κ3) is 5.01. The second kappa shape index (κ2) is 9.30. The second-order valence-corrected chi connectivity index (χ2v) is 7.26. The zero-order valence-electron chi connectivity index (χ0n) is 17.2. The molecule has 4 aromatic rings. The summed E-state index contributed by atoms with van der Waals surface area (Å²) >= 11 is 0. The molecule has 0 aliphatic heterocycles. The second-order valence-electron chi connectivity index (χ2n) is 7.26. The summed E-state index contributed by atoms with van der Waals surface area (Å²) in [4.78, 5) is 11.2. The lowest BCUT2D eigenvalue weighted by Crippen LogP contribution is -2.07. The van der Waals surface area contributed by atoms with Crippen LogP contribution in [-0.4, -0.2) is 5.91 Å². The molecule has 5 heteroatoms. The molecule has 0 radical (unpaired) electrons. The Morgan fingerprint density at radius 3 is 2.35 bits per heavy atom. The monoisotopic (exact) mass is 414 g/mol. The number of hydrogen-bond donors (Lipinski definition) is 2. The lowest BCUT2D eigenvalue weighted by atomic mass is 10.0. The van der Waals surface area contributed by atoms with Gasteiger partial charge in [0.1, 0.15) is 18.2 Å². The van der Waals surface area contributed by atoms with E-state index in [2.05, 4.69) is 22.8 Å². The summed E-state index contributed by atoms with van der Waals surface area (Å²) in [5.41, 5.74) is 3.18. The van der Waals surface area contributed by atoms with Gasteiger partial charge in [-0.2, -0.15) is 0 Å². The van der Waals surface area contributed by atoms with E-state index < -0.39 is 0 Å². The van der Waals surface area contributed by atoms with Crippen LogP contribution in [0.15, 0.2) is 84.9 Å². The van der Waals surface area contributed by atoms with Gasteiger partial charge in [0.2, 0.25) is 5.91 Å². The van der Waals surface area contributed by atoms with Crippen molar-refractivity contribution in [2.24, 2.45) is 0 Å². The van der Waals surface area contributed by atoms with Crippen molar-refractivity contribution in [1.29, 1.82) is 0 Å². The number of fused-ring (bicyclic) bond motifs is 1. The van der Waals surface area contributed by atoms with E-state index in [1.165, 1.54) is 13.0 Å². The van der Waals surface area contributed by atoms with Gasteiger partial charge in [0.25, 0.3) is 0 Å². The van der Waals surface area contributed by atoms with Gasteiger partial charge in [-0.05, 0) is 47.2 Å². The number of nitrogens with one attached hydrogen (secondary N) is 2. The van der Waals surface area contributed by atoms with Gasteiger partial charge in [-0.1, -0.05) is 48.5 Å². The SMILES string of the molecule is CC(=O)Nc1ccc(NCc2c(OCc3ccccc3F)ccc3ccccc23)cc1. The van der Waals surface area contributed by atoms with E-state index in [0.717, 1.165) is 27.7 Å². The van der Waals surface area contributed by atoms with Crippen LogP contribution in [0, 0.1) is 5.82 Å². The fourth-order valence-electron chi connectivity index (χ4n) is 3.47. The molecule has 0 saturated carbocycles. The van der Waals surface area contributed by atoms with Gasteiger partial charge in [0, 0.05) is 36.0 Å². The minimum Gasteiger partial charge on any atom is -0.488 e. The first-order chi connectivity index (χ1) is 15.1. The lowest BCUT2D eigenvalue weighted by molar-refractivity contribution is -0.114. The predicted molar refractivity (Wildman–Crippen MR) is 123 cm³/mol. The molecule has 4 aromatic carbocycles. The Morgan fingerprint density at radius 2 is 1.58 bits per heavy atom. The number of carbonyl (C=O) groups excluding carboxylic acids is 1. The molecule has 2 N–H and O–H groups in total. The van der Waals surface area contributed by atoms with E-state index >= 15 is 0 Å². The fourth-order valence-corrected chi connectivity index (χ4v) is 3.47. The Kier molecular flexibility index (Phi) is 6.13. The maximum absolute atomic E-state index is 14.0. The highest BCUT2D eigenvalue weighted by atomic mass is 19.1. The van der Waals surface area contributed by atoms with Crippen molar-refractivity contribution in [3.05, 3.63) is 102 Å². The third-order valence-electron chi connectivity index (χ3n) is 5.01. The smallest absolute Gasteiger partial charge is 0.221 e. The first-order valence-electron chi connectivity index (χ1n) is 10.1. The van der Waals surface area contributed by atoms with Crippen molar-refractivity contribution in [2.45, 2.75) is 20.1 Å². The summed E-state index contributed by atoms with van der Waals surface area (Å²) in [6, 6.07) is 26.2. The van der Waals surface area contributed by atoms with E-state index in [9.17, 15) is 9.18 Å². The van der Waals surface area contributed by atoms with Crippen molar-refractivity contribution in [3.8, 4) is 5.75 Å². The van der Waals surface area contributed by atoms with Gasteiger partial charge >= 0.3 is 0 Å². The number of benzene rings is 4. The normalized spacial score (nSPS) is 10.6. The van der Waals surface area contributed by atoms with Gasteiger partial charge in [-0.3, -0.25) is 4.79 Å². The van der Waals surface area contributed by atoms with Crippen molar-refractivity contribution >= 4 is 28.1 Å². The topological polar surface area (TPSA) is 50.4 Å². The van der Waals surface area contributed by atoms with Gasteiger partial charge in [0.15, 0.2) is 0 Å². The number of amides is 1. The molecule has 31 heavy (non-hydrogen) atoms. The van der Waals surface area contributed by atoms with Crippen LogP contribution in [0.5, 0.6) is 5.75 Å². The Morgan fingerprint density at radius 1 is 0.871 bits per heavy atom. The molecule has 0 aliphatic carbocycles. The summed E-state index contributed by atoms with van der Waals surface area (Å²) in [6.45, 7) is 2.17. The number of rotatable bonds is 7. The predicted octanol–water partition coefficient (Wildman–Crippen LogP) is 6.13. The molecule has 0 aliphatic rings. The van der Waals surface area contributed by atoms with Crippen LogP contribution in [-0.2, 0) is 17.9 Å². The first-order valence-corrected chi connectivity index (χ1v) is 10.1. The standard InChI is InChI=1S/C26H23FN2O2/c1-18(30)29-22-13-11-21(12-14-22)28-16-24-23-8-4-2-6-19(23)10-15-26(24)31-17-20-7-3-5-9-25(20)27/h2-15,28H,16-17H2,1H3,(H,29,30). The molecule has 0 unspecified atom stereocenters. The molecule has 0 bridgehead atoms. The van der Waals surface area contributed by atoms with Gasteiger partial charge in [0.05, 0.1) is 0 Å². The Labute approximate surface area is 180 Å². The van der Waals surface area contributed by atoms with E-state index in [-0.39, 0.29) is 18.3 Å². The summed E-state index contributed by atoms with van der Waals surface area (Å²) in [5, 5.41) is 8.36. The molecule has 0 aromatic heterocycles. The molecule has 1 amide bonds. The minimum absolute atomic E-state index is 0.104. The Bertz CT molecular complexity index is 1210. The van der Waals surface area contributed by atoms with Crippen LogP contribution < -0.4 is 15.4 Å². The fraction of sp³-hybridized carbons (Fsp3) is 0.115. The molecule has 0 heterocycles. The molecule has 0 fully saturated rings. The van der Waals surface area contributed by atoms with E-state index in [1.54, 1.807) is 18.2 Å². The average molecular weight is 414 g/mol. The third-order valence-corrected chi connectivity index (χ3v) is 5.01. The summed E-state index contributed by atoms with van der Waals surface area (Å²) in [5.74, 6) is 0.333. The van der Waals surface area contributed by atoms with Crippen molar-refractivity contribution in [1.82, 2.24) is 0 Å². The average Bonchev–Trinajstić information content (AvgIpc) is 2.78. The Hall–Kier alpha value is -3.86. The Balaban J connectivity index is 1.56. The molecule has 156 valence electrons. The van der Waals surface area contributed by atoms with Gasteiger partial charge < -0.3 is 15.4 Å². The van der Waals surface area contributed by atoms with E-state index in [1.807, 2.05) is 48.5 Å². The maximum atomic E-state index is 14.0. The van der Waals surface area contributed by atoms with E-state index in [4.69, 9.17) is 4.74 Å². The number of hydrogen-bond acceptors (Lipinski definition) is 3. The van der Waals surface area contributed by atoms with Crippen LogP contribution in [0.2, 0.25) is 0 Å². The van der Waals surface area contributed by atoms with Crippen molar-refractivity contribution in [2.75, 3.05) is 10.6 Å². The van der Waals surface area contributed by atoms with Crippen molar-refractivity contribution in [3.63, 3.8) is 0 Å². The quantitative estimate of drug-likeness (QED) is 0.383. The minimum atomic E-state index is -0.276. The van der Waals surface area contributed by atoms with Crippen LogP contribution >= 0.6 is 0 Å². The molecule has 0 atom stereocenters. The van der Waals surface area contributed by atoms with Crippen LogP contribution in [0.25, 0.3) is 10.8 Å². The van der Waals surface area contributed by atoms with Crippen LogP contribution in [0.1, 0.15) is 18.1 Å². The largest absolute Gasteiger partial charge is 0.488 e. The summed E-state index contributed by atoms with van der Waals surface area (Å²) in [7, 11) is 0. The molecular formula is C26H23FN2O2. The lowest BCUT2D eigenvalue weighted by Gasteiger charge is -2.16. The molecule has 0 spiro atoms. The maximum Gasteiger partial charge on any atom is 0.221 e.